The van der Waals surface area contributed by atoms with Gasteiger partial charge in [-0.05, 0) is 12.5 Å². The van der Waals surface area contributed by atoms with Gasteiger partial charge >= 0.3 is 0 Å². The number of aromatic nitrogens is 2. The van der Waals surface area contributed by atoms with Crippen LogP contribution in [0.1, 0.15) is 54.1 Å². The summed E-state index contributed by atoms with van der Waals surface area (Å²) < 4.78 is 5.22. The number of carbonyl (C=O) groups excluding carboxylic acids is 2. The maximum atomic E-state index is 12.5. The molecule has 0 fully saturated rings. The average molecular weight is 413 g/mol. The number of nitrogens with one attached hydrogen (secondary N) is 1. The van der Waals surface area contributed by atoms with E-state index in [1.54, 1.807) is 0 Å². The Morgan fingerprint density at radius 3 is 2.48 bits per heavy atom. The highest BCUT2D eigenvalue weighted by Crippen LogP contribution is 2.39. The lowest BCUT2D eigenvalue weighted by Gasteiger charge is -2.10. The predicted molar refractivity (Wildman–Crippen MR) is 113 cm³/mol. The predicted octanol–water partition coefficient (Wildman–Crippen LogP) is 4.07. The first kappa shape index (κ1) is 20.7. The molecule has 29 heavy (non-hydrogen) atoms. The lowest BCUT2D eigenvalue weighted by Crippen LogP contribution is -2.17. The third kappa shape index (κ3) is 4.71. The van der Waals surface area contributed by atoms with E-state index in [1.807, 2.05) is 58.0 Å². The molecule has 0 atom stereocenters. The molecule has 0 unspecified atom stereocenters. The molecule has 0 saturated heterocycles. The molecule has 1 aromatic carbocycles. The largest absolute Gasteiger partial charge is 0.365 e. The van der Waals surface area contributed by atoms with Gasteiger partial charge in [0.1, 0.15) is 5.00 Å². The summed E-state index contributed by atoms with van der Waals surface area (Å²) in [6.45, 7) is 7.87. The average Bonchev–Trinajstić information content (AvgIpc) is 3.25. The number of hydrogen-bond donors (Lipinski definition) is 2. The second-order valence-electron chi connectivity index (χ2n) is 7.78. The Hall–Kier alpha value is -3.00. The number of carbonyl (C=O) groups is 2. The minimum Gasteiger partial charge on any atom is -0.365 e. The van der Waals surface area contributed by atoms with Crippen LogP contribution in [0.3, 0.4) is 0 Å². The normalized spacial score (nSPS) is 11.4. The molecule has 0 spiro atoms. The van der Waals surface area contributed by atoms with Crippen molar-refractivity contribution in [2.45, 2.75) is 46.0 Å². The SMILES string of the molecule is Cc1sc(NC(=O)CCc2nc(C(C)(C)C)no2)c(C(N)=O)c1-c1ccccc1. The van der Waals surface area contributed by atoms with Crippen molar-refractivity contribution in [3.05, 3.63) is 52.5 Å². The topological polar surface area (TPSA) is 111 Å². The first-order chi connectivity index (χ1) is 13.7. The number of primary amides is 1. The van der Waals surface area contributed by atoms with Gasteiger partial charge in [0.2, 0.25) is 11.8 Å². The van der Waals surface area contributed by atoms with E-state index in [4.69, 9.17) is 10.3 Å². The number of nitrogens with two attached hydrogens (primary N) is 1. The molecular formula is C21H24N4O3S. The second kappa shape index (κ2) is 8.16. The van der Waals surface area contributed by atoms with Gasteiger partial charge in [0.05, 0.1) is 5.56 Å². The summed E-state index contributed by atoms with van der Waals surface area (Å²) in [6.07, 6.45) is 0.471. The highest BCUT2D eigenvalue weighted by Gasteiger charge is 2.24. The lowest BCUT2D eigenvalue weighted by molar-refractivity contribution is -0.116. The van der Waals surface area contributed by atoms with Crippen LogP contribution in [0.4, 0.5) is 5.00 Å². The molecular weight excluding hydrogens is 388 g/mol. The van der Waals surface area contributed by atoms with Gasteiger partial charge in [0, 0.05) is 28.7 Å². The van der Waals surface area contributed by atoms with Crippen molar-refractivity contribution in [3.63, 3.8) is 0 Å². The fourth-order valence-electron chi connectivity index (χ4n) is 2.89. The molecule has 3 aromatic rings. The lowest BCUT2D eigenvalue weighted by atomic mass is 9.96. The van der Waals surface area contributed by atoms with Crippen LogP contribution >= 0.6 is 11.3 Å². The van der Waals surface area contributed by atoms with Crippen molar-refractivity contribution < 1.29 is 14.1 Å². The molecule has 0 radical (unpaired) electrons. The van der Waals surface area contributed by atoms with Crippen LogP contribution in [0, 0.1) is 6.92 Å². The number of anilines is 1. The van der Waals surface area contributed by atoms with E-state index in [2.05, 4.69) is 15.5 Å². The molecule has 2 heterocycles. The summed E-state index contributed by atoms with van der Waals surface area (Å²) in [5.74, 6) is 0.192. The number of thiophene rings is 1. The van der Waals surface area contributed by atoms with E-state index >= 15 is 0 Å². The third-order valence-corrected chi connectivity index (χ3v) is 5.37. The molecule has 3 N–H and O–H groups in total. The molecule has 7 nitrogen and oxygen atoms in total. The summed E-state index contributed by atoms with van der Waals surface area (Å²) in [5.41, 5.74) is 7.39. The molecule has 3 rings (SSSR count). The Balaban J connectivity index is 1.75. The van der Waals surface area contributed by atoms with Crippen LogP contribution < -0.4 is 11.1 Å². The van der Waals surface area contributed by atoms with Crippen molar-refractivity contribution in [3.8, 4) is 11.1 Å². The van der Waals surface area contributed by atoms with Gasteiger partial charge in [-0.25, -0.2) is 0 Å². The first-order valence-electron chi connectivity index (χ1n) is 9.28. The van der Waals surface area contributed by atoms with E-state index < -0.39 is 5.91 Å². The Labute approximate surface area is 173 Å². The standard InChI is InChI=1S/C21H24N4O3S/c1-12-16(13-8-6-5-7-9-13)17(18(22)27)19(29-12)23-14(26)10-11-15-24-20(25-28-15)21(2,3)4/h5-9H,10-11H2,1-4H3,(H2,22,27)(H,23,26). The summed E-state index contributed by atoms with van der Waals surface area (Å²) >= 11 is 1.34. The molecule has 2 aromatic heterocycles. The Morgan fingerprint density at radius 2 is 1.90 bits per heavy atom. The quantitative estimate of drug-likeness (QED) is 0.634. The molecule has 2 amide bonds. The van der Waals surface area contributed by atoms with E-state index in [9.17, 15) is 9.59 Å². The molecule has 0 bridgehead atoms. The maximum absolute atomic E-state index is 12.5. The molecule has 0 aliphatic rings. The molecule has 0 saturated carbocycles. The van der Waals surface area contributed by atoms with Gasteiger partial charge < -0.3 is 15.6 Å². The Kier molecular flexibility index (Phi) is 5.83. The van der Waals surface area contributed by atoms with Crippen molar-refractivity contribution in [1.29, 1.82) is 0 Å². The van der Waals surface area contributed by atoms with E-state index in [1.165, 1.54) is 11.3 Å². The van der Waals surface area contributed by atoms with Crippen LogP contribution in [-0.4, -0.2) is 22.0 Å². The number of amides is 2. The van der Waals surface area contributed by atoms with Crippen molar-refractivity contribution >= 4 is 28.2 Å². The monoisotopic (exact) mass is 412 g/mol. The number of aryl methyl sites for hydroxylation is 2. The fraction of sp³-hybridized carbons (Fsp3) is 0.333. The van der Waals surface area contributed by atoms with E-state index in [-0.39, 0.29) is 17.7 Å². The minimum atomic E-state index is -0.574. The zero-order valence-corrected chi connectivity index (χ0v) is 17.7. The molecule has 0 aliphatic heterocycles. The zero-order valence-electron chi connectivity index (χ0n) is 16.9. The third-order valence-electron chi connectivity index (χ3n) is 4.35. The van der Waals surface area contributed by atoms with Crippen LogP contribution in [-0.2, 0) is 16.6 Å². The molecule has 0 aliphatic carbocycles. The van der Waals surface area contributed by atoms with Gasteiger partial charge in [0.15, 0.2) is 5.82 Å². The number of hydrogen-bond acceptors (Lipinski definition) is 6. The fourth-order valence-corrected chi connectivity index (χ4v) is 3.99. The van der Waals surface area contributed by atoms with Crippen molar-refractivity contribution in [2.24, 2.45) is 5.73 Å². The highest BCUT2D eigenvalue weighted by molar-refractivity contribution is 7.17. The summed E-state index contributed by atoms with van der Waals surface area (Å²) in [6, 6.07) is 9.52. The van der Waals surface area contributed by atoms with Crippen LogP contribution in [0.25, 0.3) is 11.1 Å². The summed E-state index contributed by atoms with van der Waals surface area (Å²) in [4.78, 5) is 29.9. The molecule has 152 valence electrons. The number of rotatable bonds is 6. The zero-order chi connectivity index (χ0) is 21.2. The van der Waals surface area contributed by atoms with Gasteiger partial charge in [-0.1, -0.05) is 56.3 Å². The summed E-state index contributed by atoms with van der Waals surface area (Å²) in [7, 11) is 0. The first-order valence-corrected chi connectivity index (χ1v) is 10.1. The van der Waals surface area contributed by atoms with Gasteiger partial charge in [-0.15, -0.1) is 11.3 Å². The van der Waals surface area contributed by atoms with Gasteiger partial charge in [-0.2, -0.15) is 4.98 Å². The van der Waals surface area contributed by atoms with Crippen LogP contribution in [0.5, 0.6) is 0 Å². The highest BCUT2D eigenvalue weighted by atomic mass is 32.1. The maximum Gasteiger partial charge on any atom is 0.252 e. The van der Waals surface area contributed by atoms with Crippen LogP contribution in [0.2, 0.25) is 0 Å². The second-order valence-corrected chi connectivity index (χ2v) is 9.00. The van der Waals surface area contributed by atoms with Crippen molar-refractivity contribution in [2.75, 3.05) is 5.32 Å². The molecule has 8 heteroatoms. The van der Waals surface area contributed by atoms with E-state index in [0.29, 0.717) is 28.7 Å². The van der Waals surface area contributed by atoms with Gasteiger partial charge in [0.25, 0.3) is 5.91 Å². The summed E-state index contributed by atoms with van der Waals surface area (Å²) in [5, 5.41) is 7.24. The number of nitrogens with zero attached hydrogens (tertiary/aromatic N) is 2. The van der Waals surface area contributed by atoms with E-state index in [0.717, 1.165) is 16.0 Å². The van der Waals surface area contributed by atoms with Gasteiger partial charge in [-0.3, -0.25) is 9.59 Å². The minimum absolute atomic E-state index is 0.154. The Bertz CT molecular complexity index is 1030. The number of benzene rings is 1. The smallest absolute Gasteiger partial charge is 0.252 e. The van der Waals surface area contributed by atoms with Crippen LogP contribution in [0.15, 0.2) is 34.9 Å². The van der Waals surface area contributed by atoms with Crippen molar-refractivity contribution in [1.82, 2.24) is 10.1 Å². The Morgan fingerprint density at radius 1 is 1.21 bits per heavy atom.